The quantitative estimate of drug-likeness (QED) is 0.628. The molecule has 0 unspecified atom stereocenters. The fourth-order valence-corrected chi connectivity index (χ4v) is 2.01. The summed E-state index contributed by atoms with van der Waals surface area (Å²) < 4.78 is 5.21. The third-order valence-corrected chi connectivity index (χ3v) is 3.20. The van der Waals surface area contributed by atoms with Crippen LogP contribution in [-0.2, 0) is 4.79 Å². The number of anilines is 1. The molecule has 0 bridgehead atoms. The Balaban J connectivity index is 1.96. The van der Waals surface area contributed by atoms with Crippen LogP contribution in [0, 0.1) is 10.1 Å². The van der Waals surface area contributed by atoms with Crippen LogP contribution in [0.5, 0.6) is 0 Å². The molecule has 0 aliphatic carbocycles. The van der Waals surface area contributed by atoms with Crippen molar-refractivity contribution in [2.75, 3.05) is 11.9 Å². The highest BCUT2D eigenvalue weighted by molar-refractivity contribution is 6.31. The van der Waals surface area contributed by atoms with Crippen molar-refractivity contribution in [3.05, 3.63) is 57.5 Å². The van der Waals surface area contributed by atoms with E-state index in [2.05, 4.69) is 10.6 Å². The molecule has 7 nitrogen and oxygen atoms in total. The molecule has 1 atom stereocenters. The van der Waals surface area contributed by atoms with Crippen molar-refractivity contribution < 1.29 is 14.1 Å². The number of rotatable bonds is 6. The van der Waals surface area contributed by atoms with Gasteiger partial charge in [0, 0.05) is 11.1 Å². The minimum atomic E-state index is -0.597. The van der Waals surface area contributed by atoms with Gasteiger partial charge in [-0.3, -0.25) is 20.2 Å². The number of carbonyl (C=O) groups excluding carboxylic acids is 1. The van der Waals surface area contributed by atoms with Gasteiger partial charge in [-0.1, -0.05) is 11.6 Å². The number of halogens is 1. The maximum atomic E-state index is 11.9. The first-order valence-corrected chi connectivity index (χ1v) is 6.85. The largest absolute Gasteiger partial charge is 0.468 e. The van der Waals surface area contributed by atoms with Crippen molar-refractivity contribution in [3.63, 3.8) is 0 Å². The Labute approximate surface area is 131 Å². The van der Waals surface area contributed by atoms with Gasteiger partial charge in [0.25, 0.3) is 5.69 Å². The summed E-state index contributed by atoms with van der Waals surface area (Å²) in [6.45, 7) is 1.83. The lowest BCUT2D eigenvalue weighted by molar-refractivity contribution is -0.383. The maximum absolute atomic E-state index is 11.9. The summed E-state index contributed by atoms with van der Waals surface area (Å²) in [7, 11) is 0. The number of hydrogen-bond donors (Lipinski definition) is 2. The highest BCUT2D eigenvalue weighted by atomic mass is 35.5. The molecule has 0 radical (unpaired) electrons. The summed E-state index contributed by atoms with van der Waals surface area (Å²) in [6.07, 6.45) is 1.55. The topological polar surface area (TPSA) is 97.4 Å². The van der Waals surface area contributed by atoms with Crippen molar-refractivity contribution >= 4 is 28.9 Å². The second kappa shape index (κ2) is 7.06. The van der Waals surface area contributed by atoms with Gasteiger partial charge in [-0.15, -0.1) is 0 Å². The number of benzene rings is 1. The number of furan rings is 1. The minimum Gasteiger partial charge on any atom is -0.468 e. The van der Waals surface area contributed by atoms with Crippen LogP contribution in [0.3, 0.4) is 0 Å². The maximum Gasteiger partial charge on any atom is 0.294 e. The molecule has 0 spiro atoms. The van der Waals surface area contributed by atoms with E-state index in [-0.39, 0.29) is 29.0 Å². The van der Waals surface area contributed by atoms with Crippen LogP contribution in [0.15, 0.2) is 41.0 Å². The molecule has 0 aliphatic heterocycles. The van der Waals surface area contributed by atoms with Crippen LogP contribution in [0.2, 0.25) is 5.02 Å². The van der Waals surface area contributed by atoms with E-state index in [0.29, 0.717) is 5.76 Å². The van der Waals surface area contributed by atoms with Crippen LogP contribution in [-0.4, -0.2) is 17.4 Å². The lowest BCUT2D eigenvalue weighted by Crippen LogP contribution is -2.30. The molecule has 0 fully saturated rings. The van der Waals surface area contributed by atoms with E-state index in [4.69, 9.17) is 16.0 Å². The van der Waals surface area contributed by atoms with E-state index in [1.54, 1.807) is 18.4 Å². The number of nitro benzene ring substituents is 1. The highest BCUT2D eigenvalue weighted by Crippen LogP contribution is 2.27. The third kappa shape index (κ3) is 4.06. The van der Waals surface area contributed by atoms with Gasteiger partial charge in [-0.25, -0.2) is 0 Å². The molecule has 1 aromatic carbocycles. The molecule has 2 rings (SSSR count). The Morgan fingerprint density at radius 3 is 2.86 bits per heavy atom. The number of hydrogen-bond acceptors (Lipinski definition) is 5. The Hall–Kier alpha value is -2.38. The monoisotopic (exact) mass is 323 g/mol. The van der Waals surface area contributed by atoms with Gasteiger partial charge >= 0.3 is 0 Å². The molecule has 1 aromatic heterocycles. The van der Waals surface area contributed by atoms with E-state index < -0.39 is 10.8 Å². The van der Waals surface area contributed by atoms with Crippen LogP contribution in [0.25, 0.3) is 0 Å². The van der Waals surface area contributed by atoms with E-state index >= 15 is 0 Å². The molecule has 8 heteroatoms. The minimum absolute atomic E-state index is 0.0123. The summed E-state index contributed by atoms with van der Waals surface area (Å²) in [6, 6.07) is 7.46. The lowest BCUT2D eigenvalue weighted by Gasteiger charge is -2.11. The normalized spacial score (nSPS) is 11.9. The van der Waals surface area contributed by atoms with Crippen LogP contribution in [0.1, 0.15) is 18.7 Å². The molecule has 0 aliphatic rings. The average Bonchev–Trinajstić information content (AvgIpc) is 3.00. The SMILES string of the molecule is C[C@H](NCC(=O)Nc1ccc(Cl)cc1[N+](=O)[O-])c1ccco1. The van der Waals surface area contributed by atoms with Crippen molar-refractivity contribution in [1.29, 1.82) is 0 Å². The molecule has 0 saturated carbocycles. The fourth-order valence-electron chi connectivity index (χ4n) is 1.84. The standard InChI is InChI=1S/C14H14ClN3O4/c1-9(13-3-2-6-22-13)16-8-14(19)17-11-5-4-10(15)7-12(11)18(20)21/h2-7,9,16H,8H2,1H3,(H,17,19)/t9-/m0/s1. The molecular formula is C14H14ClN3O4. The second-order valence-corrected chi connectivity index (χ2v) is 5.02. The van der Waals surface area contributed by atoms with Gasteiger partial charge in [0.15, 0.2) is 0 Å². The second-order valence-electron chi connectivity index (χ2n) is 4.58. The van der Waals surface area contributed by atoms with Crippen molar-refractivity contribution in [3.8, 4) is 0 Å². The third-order valence-electron chi connectivity index (χ3n) is 2.97. The average molecular weight is 324 g/mol. The first-order valence-electron chi connectivity index (χ1n) is 6.48. The number of nitrogens with zero attached hydrogens (tertiary/aromatic N) is 1. The van der Waals surface area contributed by atoms with Crippen molar-refractivity contribution in [1.82, 2.24) is 5.32 Å². The predicted molar refractivity (Wildman–Crippen MR) is 81.9 cm³/mol. The molecule has 22 heavy (non-hydrogen) atoms. The van der Waals surface area contributed by atoms with Gasteiger partial charge in [0.1, 0.15) is 11.4 Å². The Morgan fingerprint density at radius 2 is 2.23 bits per heavy atom. The van der Waals surface area contributed by atoms with Crippen LogP contribution >= 0.6 is 11.6 Å². The van der Waals surface area contributed by atoms with Gasteiger partial charge in [-0.05, 0) is 31.2 Å². The molecule has 0 saturated heterocycles. The zero-order chi connectivity index (χ0) is 16.1. The Bertz CT molecular complexity index is 673. The number of nitrogens with one attached hydrogen (secondary N) is 2. The number of carbonyl (C=O) groups is 1. The first kappa shape index (κ1) is 16.0. The lowest BCUT2D eigenvalue weighted by atomic mass is 10.2. The summed E-state index contributed by atoms with van der Waals surface area (Å²) in [5.74, 6) is 0.300. The predicted octanol–water partition coefficient (Wildman–Crippen LogP) is 3.13. The van der Waals surface area contributed by atoms with Gasteiger partial charge in [-0.2, -0.15) is 0 Å². The fraction of sp³-hybridized carbons (Fsp3) is 0.214. The molecule has 2 N–H and O–H groups in total. The molecule has 1 heterocycles. The van der Waals surface area contributed by atoms with E-state index in [0.717, 1.165) is 0 Å². The molecule has 2 aromatic rings. The molecule has 116 valence electrons. The summed E-state index contributed by atoms with van der Waals surface area (Å²) in [5, 5.41) is 16.6. The molecule has 1 amide bonds. The summed E-state index contributed by atoms with van der Waals surface area (Å²) >= 11 is 5.72. The Kier molecular flexibility index (Phi) is 5.13. The van der Waals surface area contributed by atoms with E-state index in [1.165, 1.54) is 18.2 Å². The van der Waals surface area contributed by atoms with Gasteiger partial charge in [0.05, 0.1) is 23.8 Å². The van der Waals surface area contributed by atoms with Crippen molar-refractivity contribution in [2.24, 2.45) is 0 Å². The van der Waals surface area contributed by atoms with E-state index in [1.807, 2.05) is 6.92 Å². The smallest absolute Gasteiger partial charge is 0.294 e. The van der Waals surface area contributed by atoms with Gasteiger partial charge < -0.3 is 9.73 Å². The van der Waals surface area contributed by atoms with Crippen LogP contribution < -0.4 is 10.6 Å². The van der Waals surface area contributed by atoms with Crippen LogP contribution in [0.4, 0.5) is 11.4 Å². The van der Waals surface area contributed by atoms with E-state index in [9.17, 15) is 14.9 Å². The summed E-state index contributed by atoms with van der Waals surface area (Å²) in [4.78, 5) is 22.2. The van der Waals surface area contributed by atoms with Crippen molar-refractivity contribution in [2.45, 2.75) is 13.0 Å². The number of nitro groups is 1. The first-order chi connectivity index (χ1) is 10.5. The zero-order valence-corrected chi connectivity index (χ0v) is 12.5. The number of amides is 1. The Morgan fingerprint density at radius 1 is 1.45 bits per heavy atom. The zero-order valence-electron chi connectivity index (χ0n) is 11.7. The van der Waals surface area contributed by atoms with Gasteiger partial charge in [0.2, 0.25) is 5.91 Å². The summed E-state index contributed by atoms with van der Waals surface area (Å²) in [5.41, 5.74) is -0.146. The highest BCUT2D eigenvalue weighted by Gasteiger charge is 2.17. The molecular weight excluding hydrogens is 310 g/mol.